The lowest BCUT2D eigenvalue weighted by atomic mass is 10.0. The number of allylic oxidation sites excluding steroid dienone is 2. The van der Waals surface area contributed by atoms with Crippen molar-refractivity contribution in [3.8, 4) is 0 Å². The summed E-state index contributed by atoms with van der Waals surface area (Å²) < 4.78 is 11.5. The Morgan fingerprint density at radius 2 is 2.00 bits per heavy atom. The van der Waals surface area contributed by atoms with Crippen LogP contribution in [0.3, 0.4) is 0 Å². The Bertz CT molecular complexity index is 208. The van der Waals surface area contributed by atoms with E-state index in [1.807, 2.05) is 19.1 Å². The van der Waals surface area contributed by atoms with E-state index >= 15 is 0 Å². The number of hydrogen-bond acceptors (Lipinski definition) is 1. The minimum Gasteiger partial charge on any atom is -0.254 e. The molecule has 2 heteroatoms. The summed E-state index contributed by atoms with van der Waals surface area (Å²) in [7, 11) is -0.915. The maximum Gasteiger partial charge on any atom is 0.0528 e. The van der Waals surface area contributed by atoms with Crippen LogP contribution in [-0.2, 0) is 10.8 Å². The van der Waals surface area contributed by atoms with Crippen LogP contribution in [-0.4, -0.2) is 9.96 Å². The van der Waals surface area contributed by atoms with Crippen molar-refractivity contribution in [1.82, 2.24) is 0 Å². The smallest absolute Gasteiger partial charge is 0.0528 e. The summed E-state index contributed by atoms with van der Waals surface area (Å²) in [4.78, 5) is 0.715. The highest BCUT2D eigenvalue weighted by Gasteiger charge is 2.15. The average Bonchev–Trinajstić information content (AvgIpc) is 1.84. The summed E-state index contributed by atoms with van der Waals surface area (Å²) in [5.41, 5.74) is 0.107. The third-order valence-electron chi connectivity index (χ3n) is 1.21. The van der Waals surface area contributed by atoms with E-state index in [1.54, 1.807) is 0 Å². The van der Waals surface area contributed by atoms with Gasteiger partial charge in [-0.25, -0.2) is 0 Å². The van der Waals surface area contributed by atoms with Gasteiger partial charge in [0.05, 0.1) is 10.8 Å². The van der Waals surface area contributed by atoms with Crippen LogP contribution in [0, 0.1) is 5.41 Å². The molecule has 0 aliphatic carbocycles. The number of hydrogen-bond donors (Lipinski definition) is 0. The average molecular weight is 186 g/mol. The van der Waals surface area contributed by atoms with Gasteiger partial charge in [-0.3, -0.25) is 4.21 Å². The third kappa shape index (κ3) is 5.30. The lowest BCUT2D eigenvalue weighted by Crippen LogP contribution is -2.16. The minimum absolute atomic E-state index is 0.107. The van der Waals surface area contributed by atoms with Crippen molar-refractivity contribution in [2.24, 2.45) is 5.41 Å². The maximum atomic E-state index is 11.5. The molecule has 0 aromatic heterocycles. The molecular weight excluding hydrogens is 168 g/mol. The molecule has 12 heavy (non-hydrogen) atoms. The first kappa shape index (κ1) is 11.6. The van der Waals surface area contributed by atoms with Gasteiger partial charge in [-0.05, 0) is 12.3 Å². The van der Waals surface area contributed by atoms with E-state index in [1.165, 1.54) is 0 Å². The first-order valence-electron chi connectivity index (χ1n) is 4.07. The van der Waals surface area contributed by atoms with Crippen LogP contribution < -0.4 is 0 Å². The largest absolute Gasteiger partial charge is 0.254 e. The molecule has 0 aromatic carbocycles. The zero-order valence-electron chi connectivity index (χ0n) is 8.39. The van der Waals surface area contributed by atoms with Crippen molar-refractivity contribution in [3.63, 3.8) is 0 Å². The summed E-state index contributed by atoms with van der Waals surface area (Å²) in [6, 6.07) is 0. The molecule has 0 aliphatic rings. The standard InChI is InChI=1S/C10H18OS/c1-6-7-9(2)12(11)8-10(3,4)5/h6-7H,2,8H2,1,3-5H3. The van der Waals surface area contributed by atoms with E-state index in [9.17, 15) is 4.21 Å². The molecule has 0 saturated carbocycles. The van der Waals surface area contributed by atoms with Crippen LogP contribution in [0.4, 0.5) is 0 Å². The molecule has 70 valence electrons. The van der Waals surface area contributed by atoms with E-state index < -0.39 is 10.8 Å². The molecule has 0 rings (SSSR count). The third-order valence-corrected chi connectivity index (χ3v) is 3.06. The first-order chi connectivity index (χ1) is 5.37. The van der Waals surface area contributed by atoms with E-state index in [4.69, 9.17) is 0 Å². The molecule has 1 atom stereocenters. The predicted octanol–water partition coefficient (Wildman–Crippen LogP) is 2.87. The zero-order valence-corrected chi connectivity index (χ0v) is 9.20. The maximum absolute atomic E-state index is 11.5. The van der Waals surface area contributed by atoms with Crippen molar-refractivity contribution in [2.45, 2.75) is 27.7 Å². The Balaban J connectivity index is 4.15. The van der Waals surface area contributed by atoms with Crippen LogP contribution in [0.25, 0.3) is 0 Å². The van der Waals surface area contributed by atoms with Crippen LogP contribution in [0.2, 0.25) is 0 Å². The highest BCUT2D eigenvalue weighted by molar-refractivity contribution is 7.89. The molecule has 0 radical (unpaired) electrons. The van der Waals surface area contributed by atoms with Gasteiger partial charge in [0.2, 0.25) is 0 Å². The van der Waals surface area contributed by atoms with Gasteiger partial charge in [0, 0.05) is 10.7 Å². The molecule has 0 saturated heterocycles. The minimum atomic E-state index is -0.915. The molecular formula is C10H18OS. The lowest BCUT2D eigenvalue weighted by Gasteiger charge is -2.16. The fourth-order valence-corrected chi connectivity index (χ4v) is 2.01. The van der Waals surface area contributed by atoms with Crippen LogP contribution in [0.1, 0.15) is 27.7 Å². The Hall–Kier alpha value is -0.370. The van der Waals surface area contributed by atoms with Gasteiger partial charge in [-0.2, -0.15) is 0 Å². The fourth-order valence-electron chi connectivity index (χ4n) is 0.748. The van der Waals surface area contributed by atoms with Crippen molar-refractivity contribution in [1.29, 1.82) is 0 Å². The normalized spacial score (nSPS) is 15.0. The van der Waals surface area contributed by atoms with Crippen LogP contribution >= 0.6 is 0 Å². The van der Waals surface area contributed by atoms with Crippen LogP contribution in [0.5, 0.6) is 0 Å². The molecule has 0 aliphatic heterocycles. The van der Waals surface area contributed by atoms with Crippen LogP contribution in [0.15, 0.2) is 23.6 Å². The second kappa shape index (κ2) is 4.61. The molecule has 0 amide bonds. The molecule has 0 aromatic rings. The first-order valence-corrected chi connectivity index (χ1v) is 5.38. The van der Waals surface area contributed by atoms with Gasteiger partial charge < -0.3 is 0 Å². The van der Waals surface area contributed by atoms with E-state index in [-0.39, 0.29) is 5.41 Å². The molecule has 1 unspecified atom stereocenters. The highest BCUT2D eigenvalue weighted by Crippen LogP contribution is 2.17. The fraction of sp³-hybridized carbons (Fsp3) is 0.600. The quantitative estimate of drug-likeness (QED) is 0.619. The zero-order chi connectivity index (χ0) is 9.78. The van der Waals surface area contributed by atoms with Gasteiger partial charge in [0.15, 0.2) is 0 Å². The van der Waals surface area contributed by atoms with E-state index in [0.29, 0.717) is 10.7 Å². The van der Waals surface area contributed by atoms with E-state index in [0.717, 1.165) is 0 Å². The molecule has 0 fully saturated rings. The summed E-state index contributed by atoms with van der Waals surface area (Å²) in [5, 5.41) is 0. The SMILES string of the molecule is C=C(C=CC)S(=O)CC(C)(C)C. The molecule has 1 nitrogen and oxygen atoms in total. The van der Waals surface area contributed by atoms with Crippen molar-refractivity contribution >= 4 is 10.8 Å². The summed E-state index contributed by atoms with van der Waals surface area (Å²) in [6.45, 7) is 11.9. The van der Waals surface area contributed by atoms with Crippen molar-refractivity contribution in [2.75, 3.05) is 5.75 Å². The van der Waals surface area contributed by atoms with Gasteiger partial charge in [0.25, 0.3) is 0 Å². The summed E-state index contributed by atoms with van der Waals surface area (Å²) in [5.74, 6) is 0.677. The Morgan fingerprint density at radius 3 is 2.33 bits per heavy atom. The molecule has 0 bridgehead atoms. The molecule has 0 spiro atoms. The second-order valence-electron chi connectivity index (χ2n) is 4.02. The highest BCUT2D eigenvalue weighted by atomic mass is 32.2. The van der Waals surface area contributed by atoms with Crippen molar-refractivity contribution < 1.29 is 4.21 Å². The lowest BCUT2D eigenvalue weighted by molar-refractivity contribution is 0.475. The van der Waals surface area contributed by atoms with Gasteiger partial charge in [-0.1, -0.05) is 39.5 Å². The molecule has 0 heterocycles. The van der Waals surface area contributed by atoms with Gasteiger partial charge in [0.1, 0.15) is 0 Å². The van der Waals surface area contributed by atoms with Gasteiger partial charge >= 0.3 is 0 Å². The summed E-state index contributed by atoms with van der Waals surface area (Å²) >= 11 is 0. The Morgan fingerprint density at radius 1 is 1.50 bits per heavy atom. The Kier molecular flexibility index (Phi) is 4.46. The monoisotopic (exact) mass is 186 g/mol. The van der Waals surface area contributed by atoms with E-state index in [2.05, 4.69) is 27.4 Å². The Labute approximate surface area is 78.0 Å². The second-order valence-corrected chi connectivity index (χ2v) is 5.52. The van der Waals surface area contributed by atoms with Gasteiger partial charge in [-0.15, -0.1) is 0 Å². The summed E-state index contributed by atoms with van der Waals surface area (Å²) in [6.07, 6.45) is 3.67. The number of rotatable bonds is 3. The molecule has 0 N–H and O–H groups in total. The topological polar surface area (TPSA) is 17.1 Å². The predicted molar refractivity (Wildman–Crippen MR) is 56.4 cm³/mol. The van der Waals surface area contributed by atoms with Crippen molar-refractivity contribution in [3.05, 3.63) is 23.6 Å².